The fourth-order valence-electron chi connectivity index (χ4n) is 2.32. The van der Waals surface area contributed by atoms with Crippen molar-refractivity contribution in [3.05, 3.63) is 52.5 Å². The van der Waals surface area contributed by atoms with Gasteiger partial charge in [0.1, 0.15) is 6.10 Å². The molecule has 0 spiro atoms. The van der Waals surface area contributed by atoms with E-state index in [9.17, 15) is 0 Å². The lowest BCUT2D eigenvalue weighted by Gasteiger charge is -2.24. The SMILES string of the molecule is CCCC(C)OC(Cn1ccnc1)c1ccc(Cl)cc1Cl. The Morgan fingerprint density at radius 1 is 1.33 bits per heavy atom. The second kappa shape index (κ2) is 7.83. The zero-order valence-corrected chi connectivity index (χ0v) is 13.8. The maximum atomic E-state index is 6.34. The van der Waals surface area contributed by atoms with Crippen molar-refractivity contribution in [2.45, 2.75) is 45.4 Å². The first-order valence-electron chi connectivity index (χ1n) is 7.16. The first-order valence-corrected chi connectivity index (χ1v) is 7.92. The van der Waals surface area contributed by atoms with Crippen molar-refractivity contribution in [2.75, 3.05) is 0 Å². The van der Waals surface area contributed by atoms with E-state index in [2.05, 4.69) is 18.8 Å². The van der Waals surface area contributed by atoms with Gasteiger partial charge in [-0.25, -0.2) is 4.98 Å². The highest BCUT2D eigenvalue weighted by atomic mass is 35.5. The molecule has 0 N–H and O–H groups in total. The summed E-state index contributed by atoms with van der Waals surface area (Å²) in [4.78, 5) is 4.07. The molecule has 3 nitrogen and oxygen atoms in total. The largest absolute Gasteiger partial charge is 0.369 e. The van der Waals surface area contributed by atoms with Crippen LogP contribution in [-0.2, 0) is 11.3 Å². The average Bonchev–Trinajstić information content (AvgIpc) is 2.91. The minimum absolute atomic E-state index is 0.120. The van der Waals surface area contributed by atoms with E-state index in [0.717, 1.165) is 18.4 Å². The topological polar surface area (TPSA) is 27.1 Å². The number of hydrogen-bond acceptors (Lipinski definition) is 2. The number of hydrogen-bond donors (Lipinski definition) is 0. The second-order valence-electron chi connectivity index (χ2n) is 5.15. The standard InChI is InChI=1S/C16H20Cl2N2O/c1-3-4-12(2)21-16(10-20-8-7-19-11-20)14-6-5-13(17)9-15(14)18/h5-9,11-12,16H,3-4,10H2,1-2H3. The summed E-state index contributed by atoms with van der Waals surface area (Å²) in [5.74, 6) is 0. The summed E-state index contributed by atoms with van der Waals surface area (Å²) in [5.41, 5.74) is 0.956. The molecule has 0 bridgehead atoms. The average molecular weight is 327 g/mol. The minimum atomic E-state index is -0.120. The lowest BCUT2D eigenvalue weighted by molar-refractivity contribution is -0.0168. The Morgan fingerprint density at radius 3 is 2.76 bits per heavy atom. The predicted octanol–water partition coefficient (Wildman–Crippen LogP) is 5.14. The third kappa shape index (κ3) is 4.73. The molecule has 0 saturated carbocycles. The van der Waals surface area contributed by atoms with Crippen molar-refractivity contribution in [3.63, 3.8) is 0 Å². The van der Waals surface area contributed by atoms with Gasteiger partial charge >= 0.3 is 0 Å². The summed E-state index contributed by atoms with van der Waals surface area (Å²) in [6.45, 7) is 4.92. The Labute approximate surface area is 135 Å². The number of ether oxygens (including phenoxy) is 1. The summed E-state index contributed by atoms with van der Waals surface area (Å²) < 4.78 is 8.19. The van der Waals surface area contributed by atoms with Gasteiger partial charge < -0.3 is 9.30 Å². The van der Waals surface area contributed by atoms with Crippen LogP contribution < -0.4 is 0 Å². The molecule has 1 aromatic heterocycles. The van der Waals surface area contributed by atoms with Gasteiger partial charge in [0, 0.05) is 28.0 Å². The van der Waals surface area contributed by atoms with Crippen LogP contribution in [0.5, 0.6) is 0 Å². The summed E-state index contributed by atoms with van der Waals surface area (Å²) in [7, 11) is 0. The van der Waals surface area contributed by atoms with E-state index in [-0.39, 0.29) is 12.2 Å². The number of benzene rings is 1. The Morgan fingerprint density at radius 2 is 2.14 bits per heavy atom. The molecule has 21 heavy (non-hydrogen) atoms. The summed E-state index contributed by atoms with van der Waals surface area (Å²) in [5, 5.41) is 1.27. The number of nitrogens with zero attached hydrogens (tertiary/aromatic N) is 2. The zero-order chi connectivity index (χ0) is 15.2. The smallest absolute Gasteiger partial charge is 0.102 e. The lowest BCUT2D eigenvalue weighted by Crippen LogP contribution is -2.18. The van der Waals surface area contributed by atoms with Crippen LogP contribution in [0.15, 0.2) is 36.9 Å². The molecule has 0 aliphatic heterocycles. The van der Waals surface area contributed by atoms with Gasteiger partial charge in [-0.1, -0.05) is 42.6 Å². The molecule has 1 aromatic carbocycles. The first-order chi connectivity index (χ1) is 10.1. The summed E-state index contributed by atoms with van der Waals surface area (Å²) in [6.07, 6.45) is 7.63. The molecule has 0 aliphatic carbocycles. The number of aromatic nitrogens is 2. The van der Waals surface area contributed by atoms with Gasteiger partial charge in [0.2, 0.25) is 0 Å². The molecule has 0 fully saturated rings. The van der Waals surface area contributed by atoms with Crippen LogP contribution >= 0.6 is 23.2 Å². The van der Waals surface area contributed by atoms with E-state index in [1.165, 1.54) is 0 Å². The molecule has 0 aliphatic rings. The zero-order valence-electron chi connectivity index (χ0n) is 12.3. The molecular formula is C16H20Cl2N2O. The molecule has 2 rings (SSSR count). The predicted molar refractivity (Wildman–Crippen MR) is 86.9 cm³/mol. The van der Waals surface area contributed by atoms with Crippen molar-refractivity contribution < 1.29 is 4.74 Å². The van der Waals surface area contributed by atoms with Crippen LogP contribution in [-0.4, -0.2) is 15.7 Å². The molecule has 0 radical (unpaired) electrons. The maximum absolute atomic E-state index is 6.34. The lowest BCUT2D eigenvalue weighted by atomic mass is 10.1. The molecule has 1 heterocycles. The van der Waals surface area contributed by atoms with Crippen molar-refractivity contribution in [3.8, 4) is 0 Å². The highest BCUT2D eigenvalue weighted by Gasteiger charge is 2.19. The number of halogens is 2. The van der Waals surface area contributed by atoms with Crippen LogP contribution in [0.1, 0.15) is 38.4 Å². The molecule has 0 amide bonds. The highest BCUT2D eigenvalue weighted by Crippen LogP contribution is 2.31. The van der Waals surface area contributed by atoms with Crippen molar-refractivity contribution >= 4 is 23.2 Å². The monoisotopic (exact) mass is 326 g/mol. The number of imidazole rings is 1. The van der Waals surface area contributed by atoms with Crippen LogP contribution in [0.25, 0.3) is 0 Å². The van der Waals surface area contributed by atoms with Gasteiger partial charge in [0.15, 0.2) is 0 Å². The van der Waals surface area contributed by atoms with E-state index in [1.807, 2.05) is 22.9 Å². The van der Waals surface area contributed by atoms with Gasteiger partial charge in [-0.3, -0.25) is 0 Å². The fourth-order valence-corrected chi connectivity index (χ4v) is 2.85. The van der Waals surface area contributed by atoms with Gasteiger partial charge in [0.05, 0.1) is 19.0 Å². The Balaban J connectivity index is 2.21. The Bertz CT molecular complexity index is 557. The second-order valence-corrected chi connectivity index (χ2v) is 5.99. The van der Waals surface area contributed by atoms with Crippen molar-refractivity contribution in [1.29, 1.82) is 0 Å². The summed E-state index contributed by atoms with van der Waals surface area (Å²) in [6, 6.07) is 5.54. The van der Waals surface area contributed by atoms with Gasteiger partial charge in [-0.2, -0.15) is 0 Å². The molecule has 0 saturated heterocycles. The van der Waals surface area contributed by atoms with E-state index in [0.29, 0.717) is 16.6 Å². The number of rotatable bonds is 7. The Hall–Kier alpha value is -1.03. The van der Waals surface area contributed by atoms with E-state index >= 15 is 0 Å². The van der Waals surface area contributed by atoms with Gasteiger partial charge in [-0.05, 0) is 25.5 Å². The van der Waals surface area contributed by atoms with Gasteiger partial charge in [0.25, 0.3) is 0 Å². The molecular weight excluding hydrogens is 307 g/mol. The van der Waals surface area contributed by atoms with Crippen LogP contribution in [0, 0.1) is 0 Å². The van der Waals surface area contributed by atoms with Crippen LogP contribution in [0.2, 0.25) is 10.0 Å². The van der Waals surface area contributed by atoms with E-state index in [4.69, 9.17) is 27.9 Å². The maximum Gasteiger partial charge on any atom is 0.102 e. The molecule has 2 aromatic rings. The van der Waals surface area contributed by atoms with Crippen LogP contribution in [0.4, 0.5) is 0 Å². The van der Waals surface area contributed by atoms with Gasteiger partial charge in [-0.15, -0.1) is 0 Å². The van der Waals surface area contributed by atoms with E-state index < -0.39 is 0 Å². The molecule has 5 heteroatoms. The van der Waals surface area contributed by atoms with E-state index in [1.54, 1.807) is 18.6 Å². The van der Waals surface area contributed by atoms with Crippen molar-refractivity contribution in [2.24, 2.45) is 0 Å². The first kappa shape index (κ1) is 16.3. The molecule has 114 valence electrons. The summed E-state index contributed by atoms with van der Waals surface area (Å²) >= 11 is 12.3. The quantitative estimate of drug-likeness (QED) is 0.704. The normalized spacial score (nSPS) is 14.1. The minimum Gasteiger partial charge on any atom is -0.369 e. The Kier molecular flexibility index (Phi) is 6.09. The third-order valence-corrected chi connectivity index (χ3v) is 3.90. The van der Waals surface area contributed by atoms with Crippen molar-refractivity contribution in [1.82, 2.24) is 9.55 Å². The highest BCUT2D eigenvalue weighted by molar-refractivity contribution is 6.35. The fraction of sp³-hybridized carbons (Fsp3) is 0.438. The van der Waals surface area contributed by atoms with Crippen LogP contribution in [0.3, 0.4) is 0 Å². The third-order valence-electron chi connectivity index (χ3n) is 3.34. The molecule has 2 unspecified atom stereocenters. The molecule has 2 atom stereocenters.